The number of nitro groups is 1. The summed E-state index contributed by atoms with van der Waals surface area (Å²) >= 11 is 0. The highest BCUT2D eigenvalue weighted by molar-refractivity contribution is 5.67. The van der Waals surface area contributed by atoms with Gasteiger partial charge in [-0.3, -0.25) is 10.1 Å². The van der Waals surface area contributed by atoms with Gasteiger partial charge >= 0.3 is 6.61 Å². The molecule has 0 amide bonds. The monoisotopic (exact) mass is 359 g/mol. The number of halogens is 2. The van der Waals surface area contributed by atoms with E-state index < -0.39 is 11.5 Å². The van der Waals surface area contributed by atoms with Crippen LogP contribution in [0, 0.1) is 10.1 Å². The molecule has 0 aliphatic heterocycles. The summed E-state index contributed by atoms with van der Waals surface area (Å²) in [6.07, 6.45) is 3.23. The van der Waals surface area contributed by atoms with Crippen LogP contribution in [0.2, 0.25) is 0 Å². The second-order valence-corrected chi connectivity index (χ2v) is 5.04. The molecule has 0 saturated carbocycles. The molecule has 2 aromatic carbocycles. The molecule has 7 nitrogen and oxygen atoms in total. The Morgan fingerprint density at radius 2 is 1.77 bits per heavy atom. The smallest absolute Gasteiger partial charge is 0.387 e. The first-order valence-corrected chi connectivity index (χ1v) is 7.33. The molecule has 0 N–H and O–H groups in total. The molecule has 3 aromatic rings. The van der Waals surface area contributed by atoms with Gasteiger partial charge in [0.15, 0.2) is 0 Å². The van der Waals surface area contributed by atoms with Crippen LogP contribution in [-0.2, 0) is 0 Å². The summed E-state index contributed by atoms with van der Waals surface area (Å²) in [5.41, 5.74) is 1.27. The molecule has 0 fully saturated rings. The molecule has 1 aromatic heterocycles. The highest BCUT2D eigenvalue weighted by Gasteiger charge is 2.10. The van der Waals surface area contributed by atoms with Crippen molar-refractivity contribution >= 4 is 17.8 Å². The zero-order chi connectivity index (χ0) is 18.5. The minimum absolute atomic E-state index is 0.0309. The molecule has 0 spiro atoms. The van der Waals surface area contributed by atoms with Gasteiger partial charge in [0.2, 0.25) is 5.82 Å². The molecule has 0 bridgehead atoms. The van der Waals surface area contributed by atoms with Crippen molar-refractivity contribution < 1.29 is 23.0 Å². The lowest BCUT2D eigenvalue weighted by molar-refractivity contribution is -0.384. The molecule has 132 valence electrons. The second kappa shape index (κ2) is 7.51. The number of rotatable bonds is 6. The Morgan fingerprint density at radius 1 is 1.08 bits per heavy atom. The van der Waals surface area contributed by atoms with Crippen molar-refractivity contribution in [3.05, 3.63) is 70.1 Å². The van der Waals surface area contributed by atoms with E-state index in [0.29, 0.717) is 11.4 Å². The Morgan fingerprint density at radius 3 is 2.38 bits per heavy atom. The normalized spacial score (nSPS) is 11.2. The first-order chi connectivity index (χ1) is 12.5. The largest absolute Gasteiger partial charge is 0.435 e. The van der Waals surface area contributed by atoms with E-state index >= 15 is 0 Å². The number of hydrogen-bond acceptors (Lipinski definition) is 6. The lowest BCUT2D eigenvalue weighted by Crippen LogP contribution is -2.01. The average molecular weight is 359 g/mol. The van der Waals surface area contributed by atoms with Gasteiger partial charge in [-0.1, -0.05) is 17.3 Å². The first-order valence-electron chi connectivity index (χ1n) is 7.33. The number of nitrogens with zero attached hydrogens (tertiary/aromatic N) is 3. The summed E-state index contributed by atoms with van der Waals surface area (Å²) in [6.45, 7) is -2.87. The van der Waals surface area contributed by atoms with Crippen LogP contribution in [0.3, 0.4) is 0 Å². The fraction of sp³-hybridized carbons (Fsp3) is 0.0588. The summed E-state index contributed by atoms with van der Waals surface area (Å²) in [6, 6.07) is 11.8. The number of nitro benzene ring substituents is 1. The summed E-state index contributed by atoms with van der Waals surface area (Å²) < 4.78 is 33.6. The molecule has 26 heavy (non-hydrogen) atoms. The van der Waals surface area contributed by atoms with Crippen molar-refractivity contribution in [2.45, 2.75) is 6.61 Å². The van der Waals surface area contributed by atoms with E-state index in [9.17, 15) is 18.9 Å². The summed E-state index contributed by atoms with van der Waals surface area (Å²) in [5.74, 6) is 0.585. The van der Waals surface area contributed by atoms with Crippen LogP contribution in [-0.4, -0.2) is 21.7 Å². The van der Waals surface area contributed by atoms with Crippen LogP contribution in [0.5, 0.6) is 5.75 Å². The van der Waals surface area contributed by atoms with Gasteiger partial charge in [-0.2, -0.15) is 13.8 Å². The maximum absolute atomic E-state index is 12.1. The third kappa shape index (κ3) is 4.26. The third-order valence-electron chi connectivity index (χ3n) is 3.30. The molecule has 0 saturated heterocycles. The van der Waals surface area contributed by atoms with Crippen LogP contribution in [0.25, 0.3) is 23.5 Å². The summed E-state index contributed by atoms with van der Waals surface area (Å²) in [5, 5.41) is 14.5. The van der Waals surface area contributed by atoms with Gasteiger partial charge in [-0.25, -0.2) is 0 Å². The standard InChI is InChI=1S/C17H11F2N3O4/c18-17(19)25-14-8-1-11(2-9-14)3-10-15-20-16(21-26-15)12-4-6-13(7-5-12)22(23)24/h1-10,17H/b10-3-. The third-order valence-corrected chi connectivity index (χ3v) is 3.30. The Bertz CT molecular complexity index is 922. The first kappa shape index (κ1) is 17.2. The summed E-state index contributed by atoms with van der Waals surface area (Å²) in [4.78, 5) is 14.3. The van der Waals surface area contributed by atoms with E-state index in [1.165, 1.54) is 36.4 Å². The van der Waals surface area contributed by atoms with Gasteiger partial charge < -0.3 is 9.26 Å². The van der Waals surface area contributed by atoms with Gasteiger partial charge in [0.05, 0.1) is 4.92 Å². The van der Waals surface area contributed by atoms with Gasteiger partial charge in [0, 0.05) is 23.8 Å². The zero-order valence-corrected chi connectivity index (χ0v) is 13.1. The Balaban J connectivity index is 1.69. The number of benzene rings is 2. The molecule has 9 heteroatoms. The predicted molar refractivity (Wildman–Crippen MR) is 88.4 cm³/mol. The van der Waals surface area contributed by atoms with E-state index in [1.54, 1.807) is 24.3 Å². The van der Waals surface area contributed by atoms with E-state index in [0.717, 1.165) is 5.56 Å². The van der Waals surface area contributed by atoms with Crippen molar-refractivity contribution in [1.29, 1.82) is 0 Å². The minimum atomic E-state index is -2.87. The summed E-state index contributed by atoms with van der Waals surface area (Å²) in [7, 11) is 0. The molecule has 0 atom stereocenters. The van der Waals surface area contributed by atoms with Crippen LogP contribution in [0.15, 0.2) is 53.1 Å². The SMILES string of the molecule is O=[N+]([O-])c1ccc(-c2noc(/C=C\c3ccc(OC(F)F)cc3)n2)cc1. The average Bonchev–Trinajstić information content (AvgIpc) is 3.10. The maximum atomic E-state index is 12.1. The number of aromatic nitrogens is 2. The molecule has 1 heterocycles. The molecule has 0 unspecified atom stereocenters. The van der Waals surface area contributed by atoms with Gasteiger partial charge in [0.1, 0.15) is 5.75 Å². The van der Waals surface area contributed by atoms with E-state index in [1.807, 2.05) is 0 Å². The fourth-order valence-corrected chi connectivity index (χ4v) is 2.08. The second-order valence-electron chi connectivity index (χ2n) is 5.04. The lowest BCUT2D eigenvalue weighted by Gasteiger charge is -2.03. The van der Waals surface area contributed by atoms with Crippen LogP contribution < -0.4 is 4.74 Å². The Kier molecular flexibility index (Phi) is 4.97. The lowest BCUT2D eigenvalue weighted by atomic mass is 10.2. The molecular weight excluding hydrogens is 348 g/mol. The van der Waals surface area contributed by atoms with Crippen molar-refractivity contribution in [3.8, 4) is 17.1 Å². The molecule has 0 aliphatic carbocycles. The Labute approximate surface area is 145 Å². The van der Waals surface area contributed by atoms with Gasteiger partial charge in [-0.15, -0.1) is 0 Å². The number of hydrogen-bond donors (Lipinski definition) is 0. The minimum Gasteiger partial charge on any atom is -0.435 e. The number of ether oxygens (including phenoxy) is 1. The van der Waals surface area contributed by atoms with E-state index in [-0.39, 0.29) is 17.3 Å². The van der Waals surface area contributed by atoms with E-state index in [4.69, 9.17) is 4.52 Å². The highest BCUT2D eigenvalue weighted by Crippen LogP contribution is 2.21. The van der Waals surface area contributed by atoms with E-state index in [2.05, 4.69) is 14.9 Å². The van der Waals surface area contributed by atoms with Crippen LogP contribution in [0.4, 0.5) is 14.5 Å². The topological polar surface area (TPSA) is 91.3 Å². The van der Waals surface area contributed by atoms with Gasteiger partial charge in [0.25, 0.3) is 11.6 Å². The molecule has 3 rings (SSSR count). The fourth-order valence-electron chi connectivity index (χ4n) is 2.08. The number of alkyl halides is 2. The van der Waals surface area contributed by atoms with Crippen molar-refractivity contribution in [3.63, 3.8) is 0 Å². The predicted octanol–water partition coefficient (Wildman–Crippen LogP) is 4.42. The molecular formula is C17H11F2N3O4. The quantitative estimate of drug-likeness (QED) is 0.478. The van der Waals surface area contributed by atoms with Crippen LogP contribution >= 0.6 is 0 Å². The zero-order valence-electron chi connectivity index (χ0n) is 13.1. The Hall–Kier alpha value is -3.62. The number of non-ortho nitro benzene ring substituents is 1. The van der Waals surface area contributed by atoms with Crippen molar-refractivity contribution in [2.75, 3.05) is 0 Å². The highest BCUT2D eigenvalue weighted by atomic mass is 19.3. The van der Waals surface area contributed by atoms with Crippen molar-refractivity contribution in [2.24, 2.45) is 0 Å². The molecule has 0 radical (unpaired) electrons. The molecule has 0 aliphatic rings. The van der Waals surface area contributed by atoms with Crippen molar-refractivity contribution in [1.82, 2.24) is 10.1 Å². The van der Waals surface area contributed by atoms with Gasteiger partial charge in [-0.05, 0) is 35.9 Å². The maximum Gasteiger partial charge on any atom is 0.387 e. The van der Waals surface area contributed by atoms with Crippen LogP contribution in [0.1, 0.15) is 11.5 Å².